The minimum absolute atomic E-state index is 0.00401. The zero-order chi connectivity index (χ0) is 23.4. The molecule has 1 amide bonds. The highest BCUT2D eigenvalue weighted by molar-refractivity contribution is 5.98. The summed E-state index contributed by atoms with van der Waals surface area (Å²) in [5, 5.41) is 20.6. The van der Waals surface area contributed by atoms with Gasteiger partial charge in [0.2, 0.25) is 11.8 Å². The molecular formula is C23H21FN4O5. The van der Waals surface area contributed by atoms with Gasteiger partial charge in [-0.3, -0.25) is 4.79 Å². The number of carbonyl (C=O) groups is 2. The van der Waals surface area contributed by atoms with Crippen LogP contribution in [0.25, 0.3) is 0 Å². The van der Waals surface area contributed by atoms with Crippen molar-refractivity contribution in [2.75, 3.05) is 18.1 Å². The van der Waals surface area contributed by atoms with Crippen LogP contribution in [0.2, 0.25) is 0 Å². The van der Waals surface area contributed by atoms with Crippen molar-refractivity contribution in [1.29, 1.82) is 0 Å². The summed E-state index contributed by atoms with van der Waals surface area (Å²) >= 11 is 0. The molecule has 10 heteroatoms. The molecule has 3 N–H and O–H groups in total. The number of nitrogens with one attached hydrogen (secondary N) is 1. The van der Waals surface area contributed by atoms with Crippen molar-refractivity contribution in [3.05, 3.63) is 77.2 Å². The first kappa shape index (κ1) is 22.2. The minimum Gasteiger partial charge on any atom is -0.480 e. The molecule has 0 radical (unpaired) electrons. The highest BCUT2D eigenvalue weighted by atomic mass is 19.1. The Bertz CT molecular complexity index is 1170. The van der Waals surface area contributed by atoms with Crippen LogP contribution in [0, 0.1) is 5.82 Å². The van der Waals surface area contributed by atoms with Gasteiger partial charge >= 0.3 is 5.97 Å². The van der Waals surface area contributed by atoms with E-state index in [-0.39, 0.29) is 23.9 Å². The number of carboxylic acids is 1. The highest BCUT2D eigenvalue weighted by Gasteiger charge is 2.26. The molecule has 1 aliphatic rings. The molecule has 9 nitrogen and oxygen atoms in total. The molecule has 0 saturated heterocycles. The number of rotatable bonds is 8. The van der Waals surface area contributed by atoms with Gasteiger partial charge in [0.05, 0.1) is 6.61 Å². The molecule has 0 bridgehead atoms. The van der Waals surface area contributed by atoms with Crippen molar-refractivity contribution in [3.63, 3.8) is 0 Å². The Kier molecular flexibility index (Phi) is 6.45. The SMILES string of the molecule is O=C(N[C@@H](CO)C(=O)O)c1cnc(N2CCc3ccccc32)nc1OCc1ccc(F)cc1. The Morgan fingerprint density at radius 1 is 1.18 bits per heavy atom. The molecule has 1 aromatic heterocycles. The van der Waals surface area contributed by atoms with Gasteiger partial charge in [-0.2, -0.15) is 4.98 Å². The summed E-state index contributed by atoms with van der Waals surface area (Å²) < 4.78 is 19.0. The minimum atomic E-state index is -1.49. The second-order valence-corrected chi connectivity index (χ2v) is 7.38. The number of aliphatic hydroxyl groups is 1. The molecule has 3 aromatic rings. The first-order chi connectivity index (χ1) is 16.0. The number of nitrogens with zero attached hydrogens (tertiary/aromatic N) is 3. The van der Waals surface area contributed by atoms with Crippen molar-refractivity contribution in [2.45, 2.75) is 19.1 Å². The maximum atomic E-state index is 13.2. The van der Waals surface area contributed by atoms with Crippen molar-refractivity contribution < 1.29 is 28.9 Å². The number of hydrogen-bond acceptors (Lipinski definition) is 7. The molecule has 0 aliphatic carbocycles. The number of para-hydroxylation sites is 1. The number of hydrogen-bond donors (Lipinski definition) is 3. The van der Waals surface area contributed by atoms with Gasteiger partial charge in [-0.25, -0.2) is 14.2 Å². The van der Waals surface area contributed by atoms with Crippen LogP contribution in [0.1, 0.15) is 21.5 Å². The van der Waals surface area contributed by atoms with Gasteiger partial charge in [0, 0.05) is 18.4 Å². The Balaban J connectivity index is 1.64. The van der Waals surface area contributed by atoms with Crippen LogP contribution in [0.4, 0.5) is 16.0 Å². The van der Waals surface area contributed by atoms with E-state index < -0.39 is 24.5 Å². The molecule has 1 atom stereocenters. The van der Waals surface area contributed by atoms with E-state index in [2.05, 4.69) is 15.3 Å². The third kappa shape index (κ3) is 4.90. The van der Waals surface area contributed by atoms with E-state index in [0.717, 1.165) is 17.7 Å². The monoisotopic (exact) mass is 452 g/mol. The van der Waals surface area contributed by atoms with Gasteiger partial charge in [-0.1, -0.05) is 30.3 Å². The van der Waals surface area contributed by atoms with E-state index in [1.54, 1.807) is 12.1 Å². The van der Waals surface area contributed by atoms with Crippen molar-refractivity contribution in [3.8, 4) is 5.88 Å². The number of fused-ring (bicyclic) bond motifs is 1. The van der Waals surface area contributed by atoms with Crippen molar-refractivity contribution in [2.24, 2.45) is 0 Å². The lowest BCUT2D eigenvalue weighted by atomic mass is 10.2. The molecule has 0 spiro atoms. The number of carbonyl (C=O) groups excluding carboxylic acids is 1. The fraction of sp³-hybridized carbons (Fsp3) is 0.217. The summed E-state index contributed by atoms with van der Waals surface area (Å²) in [6, 6.07) is 12.0. The standard InChI is InChI=1S/C23H21FN4O5/c24-16-7-5-14(6-8-16)13-33-21-17(20(30)26-18(12-29)22(31)32)11-25-23(27-21)28-10-9-15-3-1-2-4-19(15)28/h1-8,11,18,29H,9-10,12-13H2,(H,26,30)(H,31,32)/t18-/m0/s1. The molecule has 170 valence electrons. The average Bonchev–Trinajstić information content (AvgIpc) is 3.26. The maximum Gasteiger partial charge on any atom is 0.328 e. The molecule has 2 heterocycles. The number of aromatic nitrogens is 2. The number of aliphatic carboxylic acids is 1. The van der Waals surface area contributed by atoms with Crippen LogP contribution in [-0.4, -0.2) is 51.3 Å². The molecule has 0 unspecified atom stereocenters. The largest absolute Gasteiger partial charge is 0.480 e. The van der Waals surface area contributed by atoms with Crippen molar-refractivity contribution in [1.82, 2.24) is 15.3 Å². The third-order valence-electron chi connectivity index (χ3n) is 5.19. The number of aliphatic hydroxyl groups excluding tert-OH is 1. The summed E-state index contributed by atoms with van der Waals surface area (Å²) in [6.07, 6.45) is 2.07. The van der Waals surface area contributed by atoms with Crippen LogP contribution >= 0.6 is 0 Å². The number of halogens is 1. The maximum absolute atomic E-state index is 13.2. The van der Waals surface area contributed by atoms with Gasteiger partial charge in [0.25, 0.3) is 5.91 Å². The molecule has 4 rings (SSSR count). The topological polar surface area (TPSA) is 125 Å². The van der Waals surface area contributed by atoms with Crippen LogP contribution in [0.3, 0.4) is 0 Å². The van der Waals surface area contributed by atoms with E-state index in [1.807, 2.05) is 29.2 Å². The zero-order valence-electron chi connectivity index (χ0n) is 17.4. The Morgan fingerprint density at radius 2 is 1.94 bits per heavy atom. The number of carboxylic acid groups (broad SMARTS) is 1. The lowest BCUT2D eigenvalue weighted by molar-refractivity contribution is -0.140. The molecular weight excluding hydrogens is 431 g/mol. The van der Waals surface area contributed by atoms with Gasteiger partial charge in [0.15, 0.2) is 6.04 Å². The molecule has 0 fully saturated rings. The average molecular weight is 452 g/mol. The number of benzene rings is 2. The second kappa shape index (κ2) is 9.61. The lowest BCUT2D eigenvalue weighted by Crippen LogP contribution is -2.43. The molecule has 2 aromatic carbocycles. The Morgan fingerprint density at radius 3 is 2.67 bits per heavy atom. The van der Waals surface area contributed by atoms with Crippen molar-refractivity contribution >= 4 is 23.5 Å². The summed E-state index contributed by atoms with van der Waals surface area (Å²) in [6.45, 7) is -0.139. The van der Waals surface area contributed by atoms with Gasteiger partial charge in [-0.15, -0.1) is 0 Å². The number of anilines is 2. The highest BCUT2D eigenvalue weighted by Crippen LogP contribution is 2.33. The van der Waals surface area contributed by atoms with Crippen LogP contribution in [0.5, 0.6) is 5.88 Å². The predicted octanol–water partition coefficient (Wildman–Crippen LogP) is 2.06. The normalized spacial score (nSPS) is 13.3. The fourth-order valence-electron chi connectivity index (χ4n) is 3.45. The first-order valence-electron chi connectivity index (χ1n) is 10.2. The van der Waals surface area contributed by atoms with E-state index in [9.17, 15) is 19.1 Å². The molecule has 1 aliphatic heterocycles. The lowest BCUT2D eigenvalue weighted by Gasteiger charge is -2.19. The zero-order valence-corrected chi connectivity index (χ0v) is 17.4. The van der Waals surface area contributed by atoms with E-state index in [0.29, 0.717) is 18.1 Å². The van der Waals surface area contributed by atoms with E-state index >= 15 is 0 Å². The fourth-order valence-corrected chi connectivity index (χ4v) is 3.45. The second-order valence-electron chi connectivity index (χ2n) is 7.38. The number of amides is 1. The van der Waals surface area contributed by atoms with Gasteiger partial charge in [0.1, 0.15) is 18.0 Å². The van der Waals surface area contributed by atoms with Gasteiger partial charge in [-0.05, 0) is 35.7 Å². The Hall–Kier alpha value is -4.05. The molecule has 0 saturated carbocycles. The van der Waals surface area contributed by atoms with Gasteiger partial charge < -0.3 is 25.2 Å². The summed E-state index contributed by atoms with van der Waals surface area (Å²) in [5.74, 6) is -2.32. The van der Waals surface area contributed by atoms with E-state index in [4.69, 9.17) is 9.84 Å². The predicted molar refractivity (Wildman–Crippen MR) is 116 cm³/mol. The number of ether oxygens (including phenoxy) is 1. The molecule has 33 heavy (non-hydrogen) atoms. The van der Waals surface area contributed by atoms with Crippen LogP contribution < -0.4 is 15.0 Å². The third-order valence-corrected chi connectivity index (χ3v) is 5.19. The van der Waals surface area contributed by atoms with Crippen LogP contribution in [-0.2, 0) is 17.8 Å². The quantitative estimate of drug-likeness (QED) is 0.474. The smallest absolute Gasteiger partial charge is 0.328 e. The van der Waals surface area contributed by atoms with E-state index in [1.165, 1.54) is 18.3 Å². The first-order valence-corrected chi connectivity index (χ1v) is 10.2. The summed E-state index contributed by atoms with van der Waals surface area (Å²) in [4.78, 5) is 34.5. The Labute approximate surface area is 188 Å². The summed E-state index contributed by atoms with van der Waals surface area (Å²) in [5.41, 5.74) is 2.65. The van der Waals surface area contributed by atoms with Crippen LogP contribution in [0.15, 0.2) is 54.7 Å². The summed E-state index contributed by atoms with van der Waals surface area (Å²) in [7, 11) is 0.